The molecule has 1 amide bonds. The van der Waals surface area contributed by atoms with Crippen molar-refractivity contribution >= 4 is 5.91 Å². The van der Waals surface area contributed by atoms with Crippen LogP contribution in [0.15, 0.2) is 28.7 Å². The molecule has 2 aromatic rings. The normalized spacial score (nSPS) is 17.5. The first-order chi connectivity index (χ1) is 12.1. The summed E-state index contributed by atoms with van der Waals surface area (Å²) in [5.41, 5.74) is 1.09. The van der Waals surface area contributed by atoms with Gasteiger partial charge in [-0.3, -0.25) is 4.79 Å². The highest BCUT2D eigenvalue weighted by Gasteiger charge is 2.32. The fourth-order valence-corrected chi connectivity index (χ4v) is 2.82. The Morgan fingerprint density at radius 2 is 2.16 bits per heavy atom. The van der Waals surface area contributed by atoms with Crippen LogP contribution in [0.25, 0.3) is 0 Å². The number of para-hydroxylation sites is 1. The highest BCUT2D eigenvalue weighted by atomic mass is 16.5. The summed E-state index contributed by atoms with van der Waals surface area (Å²) in [6, 6.07) is 7.56. The van der Waals surface area contributed by atoms with E-state index in [2.05, 4.69) is 10.2 Å². The predicted molar refractivity (Wildman–Crippen MR) is 90.2 cm³/mol. The van der Waals surface area contributed by atoms with Crippen molar-refractivity contribution in [1.29, 1.82) is 0 Å². The standard InChI is InChI=1S/C18H23N3O4/c1-13-6-3-4-7-16(13)24-10-5-8-17(22)21-9-11-23-12-15(21)18-20-19-14(2)25-18/h3-4,6-7,15H,5,8-12H2,1-2H3/t15-/m0/s1. The molecule has 7 nitrogen and oxygen atoms in total. The Labute approximate surface area is 146 Å². The molecule has 1 aliphatic heterocycles. The SMILES string of the molecule is Cc1nnc([C@@H]2COCCN2C(=O)CCCOc2ccccc2C)o1. The Morgan fingerprint density at radius 1 is 1.32 bits per heavy atom. The molecule has 134 valence electrons. The zero-order valence-electron chi connectivity index (χ0n) is 14.6. The first kappa shape index (κ1) is 17.4. The number of aromatic nitrogens is 2. The maximum absolute atomic E-state index is 12.6. The molecule has 1 aromatic heterocycles. The summed E-state index contributed by atoms with van der Waals surface area (Å²) in [4.78, 5) is 14.4. The third-order valence-corrected chi connectivity index (χ3v) is 4.16. The monoisotopic (exact) mass is 345 g/mol. The van der Waals surface area contributed by atoms with Crippen molar-refractivity contribution in [1.82, 2.24) is 15.1 Å². The van der Waals surface area contributed by atoms with Crippen LogP contribution in [0.5, 0.6) is 5.75 Å². The van der Waals surface area contributed by atoms with E-state index in [0.29, 0.717) is 51.0 Å². The van der Waals surface area contributed by atoms with Gasteiger partial charge in [-0.1, -0.05) is 18.2 Å². The van der Waals surface area contributed by atoms with Crippen molar-refractivity contribution in [2.24, 2.45) is 0 Å². The number of amides is 1. The van der Waals surface area contributed by atoms with Crippen molar-refractivity contribution in [3.05, 3.63) is 41.6 Å². The first-order valence-electron chi connectivity index (χ1n) is 8.51. The Bertz CT molecular complexity index is 716. The van der Waals surface area contributed by atoms with E-state index < -0.39 is 0 Å². The lowest BCUT2D eigenvalue weighted by atomic mass is 10.2. The second-order valence-corrected chi connectivity index (χ2v) is 6.05. The lowest BCUT2D eigenvalue weighted by Crippen LogP contribution is -2.43. The molecule has 2 heterocycles. The van der Waals surface area contributed by atoms with E-state index in [1.807, 2.05) is 31.2 Å². The molecule has 1 saturated heterocycles. The van der Waals surface area contributed by atoms with Gasteiger partial charge in [-0.25, -0.2) is 0 Å². The van der Waals surface area contributed by atoms with Crippen LogP contribution >= 0.6 is 0 Å². The fraction of sp³-hybridized carbons (Fsp3) is 0.500. The van der Waals surface area contributed by atoms with Crippen LogP contribution in [0.4, 0.5) is 0 Å². The number of benzene rings is 1. The molecule has 25 heavy (non-hydrogen) atoms. The van der Waals surface area contributed by atoms with Gasteiger partial charge in [0.25, 0.3) is 0 Å². The maximum atomic E-state index is 12.6. The fourth-order valence-electron chi connectivity index (χ4n) is 2.82. The van der Waals surface area contributed by atoms with E-state index in [9.17, 15) is 4.79 Å². The third-order valence-electron chi connectivity index (χ3n) is 4.16. The summed E-state index contributed by atoms with van der Waals surface area (Å²) >= 11 is 0. The molecule has 1 aromatic carbocycles. The molecule has 0 unspecified atom stereocenters. The van der Waals surface area contributed by atoms with Crippen molar-refractivity contribution < 1.29 is 18.7 Å². The van der Waals surface area contributed by atoms with Gasteiger partial charge in [0.1, 0.15) is 11.8 Å². The summed E-state index contributed by atoms with van der Waals surface area (Å²) in [7, 11) is 0. The molecule has 7 heteroatoms. The molecule has 0 bridgehead atoms. The Hall–Kier alpha value is -2.41. The quantitative estimate of drug-likeness (QED) is 0.749. The Balaban J connectivity index is 1.52. The van der Waals surface area contributed by atoms with Gasteiger partial charge in [0.05, 0.1) is 19.8 Å². The molecule has 3 rings (SSSR count). The molecule has 0 radical (unpaired) electrons. The van der Waals surface area contributed by atoms with Crippen LogP contribution in [-0.2, 0) is 9.53 Å². The lowest BCUT2D eigenvalue weighted by Gasteiger charge is -2.33. The highest BCUT2D eigenvalue weighted by Crippen LogP contribution is 2.24. The van der Waals surface area contributed by atoms with Crippen LogP contribution in [-0.4, -0.2) is 47.4 Å². The van der Waals surface area contributed by atoms with E-state index in [0.717, 1.165) is 11.3 Å². The van der Waals surface area contributed by atoms with Crippen molar-refractivity contribution in [3.8, 4) is 5.75 Å². The van der Waals surface area contributed by atoms with Crippen molar-refractivity contribution in [3.63, 3.8) is 0 Å². The first-order valence-corrected chi connectivity index (χ1v) is 8.51. The number of hydrogen-bond donors (Lipinski definition) is 0. The van der Waals surface area contributed by atoms with Crippen LogP contribution in [0.1, 0.15) is 36.2 Å². The number of carbonyl (C=O) groups is 1. The van der Waals surface area contributed by atoms with E-state index in [-0.39, 0.29) is 11.9 Å². The summed E-state index contributed by atoms with van der Waals surface area (Å²) < 4.78 is 16.7. The second-order valence-electron chi connectivity index (χ2n) is 6.05. The molecule has 0 saturated carbocycles. The van der Waals surface area contributed by atoms with Crippen LogP contribution in [0, 0.1) is 13.8 Å². The van der Waals surface area contributed by atoms with Crippen LogP contribution in [0.3, 0.4) is 0 Å². The largest absolute Gasteiger partial charge is 0.493 e. The van der Waals surface area contributed by atoms with Gasteiger partial charge in [-0.2, -0.15) is 0 Å². The molecule has 0 N–H and O–H groups in total. The number of hydrogen-bond acceptors (Lipinski definition) is 6. The zero-order chi connectivity index (χ0) is 17.6. The molecule has 1 atom stereocenters. The van der Waals surface area contributed by atoms with Gasteiger partial charge < -0.3 is 18.8 Å². The number of rotatable bonds is 6. The van der Waals surface area contributed by atoms with Gasteiger partial charge in [0, 0.05) is 19.9 Å². The minimum atomic E-state index is -0.306. The lowest BCUT2D eigenvalue weighted by molar-refractivity contribution is -0.141. The van der Waals surface area contributed by atoms with Crippen molar-refractivity contribution in [2.45, 2.75) is 32.7 Å². The number of nitrogens with zero attached hydrogens (tertiary/aromatic N) is 3. The minimum Gasteiger partial charge on any atom is -0.493 e. The number of aryl methyl sites for hydroxylation is 2. The summed E-state index contributed by atoms with van der Waals surface area (Å²) in [5, 5.41) is 7.88. The molecule has 1 aliphatic rings. The number of morpholine rings is 1. The van der Waals surface area contributed by atoms with Gasteiger partial charge >= 0.3 is 0 Å². The molecule has 1 fully saturated rings. The van der Waals surface area contributed by atoms with E-state index in [1.54, 1.807) is 11.8 Å². The number of carbonyl (C=O) groups excluding carboxylic acids is 1. The summed E-state index contributed by atoms with van der Waals surface area (Å²) in [5.74, 6) is 1.83. The zero-order valence-corrected chi connectivity index (χ0v) is 14.6. The van der Waals surface area contributed by atoms with Gasteiger partial charge in [0.15, 0.2) is 0 Å². The summed E-state index contributed by atoms with van der Waals surface area (Å²) in [6.07, 6.45) is 1.07. The van der Waals surface area contributed by atoms with E-state index in [4.69, 9.17) is 13.9 Å². The second kappa shape index (κ2) is 8.11. The molecular weight excluding hydrogens is 322 g/mol. The number of ether oxygens (including phenoxy) is 2. The highest BCUT2D eigenvalue weighted by molar-refractivity contribution is 5.76. The van der Waals surface area contributed by atoms with E-state index in [1.165, 1.54) is 0 Å². The smallest absolute Gasteiger partial charge is 0.241 e. The average molecular weight is 345 g/mol. The van der Waals surface area contributed by atoms with Crippen molar-refractivity contribution in [2.75, 3.05) is 26.4 Å². The average Bonchev–Trinajstić information content (AvgIpc) is 3.06. The predicted octanol–water partition coefficient (Wildman–Crippen LogP) is 2.45. The van der Waals surface area contributed by atoms with Gasteiger partial charge in [-0.05, 0) is 25.0 Å². The molecular formula is C18H23N3O4. The Morgan fingerprint density at radius 3 is 2.92 bits per heavy atom. The van der Waals surface area contributed by atoms with Crippen LogP contribution in [0.2, 0.25) is 0 Å². The molecule has 0 spiro atoms. The topological polar surface area (TPSA) is 77.7 Å². The maximum Gasteiger partial charge on any atom is 0.241 e. The molecule has 0 aliphatic carbocycles. The minimum absolute atomic E-state index is 0.0533. The van der Waals surface area contributed by atoms with Crippen LogP contribution < -0.4 is 4.74 Å². The third kappa shape index (κ3) is 4.36. The summed E-state index contributed by atoms with van der Waals surface area (Å²) in [6.45, 7) is 5.68. The Kier molecular flexibility index (Phi) is 5.65. The van der Waals surface area contributed by atoms with Gasteiger partial charge in [-0.15, -0.1) is 10.2 Å². The van der Waals surface area contributed by atoms with Gasteiger partial charge in [0.2, 0.25) is 17.7 Å². The van der Waals surface area contributed by atoms with E-state index >= 15 is 0 Å².